The second kappa shape index (κ2) is 8.44. The Morgan fingerprint density at radius 3 is 2.90 bits per heavy atom. The summed E-state index contributed by atoms with van der Waals surface area (Å²) in [6, 6.07) is 3.83. The molecule has 2 N–H and O–H groups in total. The van der Waals surface area contributed by atoms with Gasteiger partial charge in [-0.15, -0.1) is 11.3 Å². The van der Waals surface area contributed by atoms with E-state index in [1.165, 1.54) is 30.6 Å². The van der Waals surface area contributed by atoms with Crippen LogP contribution in [-0.4, -0.2) is 35.4 Å². The maximum atomic E-state index is 12.0. The Morgan fingerprint density at radius 2 is 2.19 bits per heavy atom. The van der Waals surface area contributed by atoms with Gasteiger partial charge in [0.05, 0.1) is 11.4 Å². The normalized spacial score (nSPS) is 21.8. The molecule has 116 valence electrons. The third-order valence-electron chi connectivity index (χ3n) is 3.58. The maximum Gasteiger partial charge on any atom is 0.261 e. The van der Waals surface area contributed by atoms with Crippen molar-refractivity contribution in [2.24, 2.45) is 0 Å². The summed E-state index contributed by atoms with van der Waals surface area (Å²) in [6.07, 6.45) is 4.64. The molecule has 1 fully saturated rings. The van der Waals surface area contributed by atoms with Crippen molar-refractivity contribution in [1.29, 1.82) is 0 Å². The molecule has 2 amide bonds. The summed E-state index contributed by atoms with van der Waals surface area (Å²) in [5.41, 5.74) is 0. The second-order valence-electron chi connectivity index (χ2n) is 5.11. The predicted octanol–water partition coefficient (Wildman–Crippen LogP) is 2.66. The van der Waals surface area contributed by atoms with Gasteiger partial charge < -0.3 is 10.6 Å². The molecule has 2 rings (SSSR count). The van der Waals surface area contributed by atoms with Crippen LogP contribution in [0.5, 0.6) is 0 Å². The largest absolute Gasteiger partial charge is 0.351 e. The zero-order valence-electron chi connectivity index (χ0n) is 12.3. The molecule has 1 heterocycles. The van der Waals surface area contributed by atoms with E-state index in [4.69, 9.17) is 0 Å². The fraction of sp³-hybridized carbons (Fsp3) is 0.600. The Kier molecular flexibility index (Phi) is 6.57. The fourth-order valence-electron chi connectivity index (χ4n) is 2.59. The summed E-state index contributed by atoms with van der Waals surface area (Å²) in [4.78, 5) is 24.4. The number of hydrogen-bond acceptors (Lipinski definition) is 4. The highest BCUT2D eigenvalue weighted by Crippen LogP contribution is 2.28. The predicted molar refractivity (Wildman–Crippen MR) is 89.0 cm³/mol. The smallest absolute Gasteiger partial charge is 0.261 e. The van der Waals surface area contributed by atoms with Crippen LogP contribution in [0, 0.1) is 0 Å². The molecule has 0 saturated heterocycles. The minimum atomic E-state index is -0.178. The van der Waals surface area contributed by atoms with Gasteiger partial charge in [-0.05, 0) is 30.0 Å². The Balaban J connectivity index is 1.76. The van der Waals surface area contributed by atoms with Gasteiger partial charge in [-0.2, -0.15) is 11.8 Å². The number of rotatable bonds is 6. The van der Waals surface area contributed by atoms with E-state index >= 15 is 0 Å². The van der Waals surface area contributed by atoms with Crippen molar-refractivity contribution in [2.75, 3.05) is 12.3 Å². The lowest BCUT2D eigenvalue weighted by molar-refractivity contribution is -0.121. The van der Waals surface area contributed by atoms with Gasteiger partial charge in [0.25, 0.3) is 5.91 Å². The minimum Gasteiger partial charge on any atom is -0.351 e. The molecular weight excluding hydrogens is 304 g/mol. The molecule has 1 saturated carbocycles. The van der Waals surface area contributed by atoms with E-state index in [0.717, 1.165) is 12.2 Å². The topological polar surface area (TPSA) is 58.2 Å². The van der Waals surface area contributed by atoms with Gasteiger partial charge in [0.2, 0.25) is 5.91 Å². The molecule has 0 aliphatic heterocycles. The molecule has 0 aromatic carbocycles. The number of thioether (sulfide) groups is 1. The first kappa shape index (κ1) is 16.4. The molecule has 2 unspecified atom stereocenters. The number of nitrogens with one attached hydrogen (secondary N) is 2. The lowest BCUT2D eigenvalue weighted by atomic mass is 9.95. The summed E-state index contributed by atoms with van der Waals surface area (Å²) >= 11 is 3.30. The van der Waals surface area contributed by atoms with Crippen molar-refractivity contribution in [1.82, 2.24) is 10.6 Å². The van der Waals surface area contributed by atoms with Gasteiger partial charge in [0.15, 0.2) is 0 Å². The molecule has 1 aromatic rings. The Hall–Kier alpha value is -1.01. The van der Waals surface area contributed by atoms with Crippen molar-refractivity contribution in [3.8, 4) is 0 Å². The Labute approximate surface area is 134 Å². The van der Waals surface area contributed by atoms with Crippen molar-refractivity contribution in [2.45, 2.75) is 43.9 Å². The van der Waals surface area contributed by atoms with Gasteiger partial charge >= 0.3 is 0 Å². The SMILES string of the molecule is CCSC1CCCCC1NC(=O)CNC(=O)c1cccs1. The number of carbonyl (C=O) groups is 2. The summed E-state index contributed by atoms with van der Waals surface area (Å²) in [5.74, 6) is 0.809. The zero-order valence-corrected chi connectivity index (χ0v) is 13.9. The third kappa shape index (κ3) is 5.04. The van der Waals surface area contributed by atoms with E-state index in [1.54, 1.807) is 6.07 Å². The Bertz CT molecular complexity index is 460. The van der Waals surface area contributed by atoms with Crippen LogP contribution < -0.4 is 10.6 Å². The minimum absolute atomic E-state index is 0.0523. The van der Waals surface area contributed by atoms with Crippen molar-refractivity contribution in [3.63, 3.8) is 0 Å². The van der Waals surface area contributed by atoms with Gasteiger partial charge in [0.1, 0.15) is 0 Å². The lowest BCUT2D eigenvalue weighted by Crippen LogP contribution is -2.47. The third-order valence-corrected chi connectivity index (χ3v) is 5.78. The molecule has 21 heavy (non-hydrogen) atoms. The van der Waals surface area contributed by atoms with Crippen LogP contribution in [0.25, 0.3) is 0 Å². The van der Waals surface area contributed by atoms with E-state index in [-0.39, 0.29) is 24.4 Å². The number of carbonyl (C=O) groups excluding carboxylic acids is 2. The molecule has 6 heteroatoms. The molecule has 0 spiro atoms. The monoisotopic (exact) mass is 326 g/mol. The summed E-state index contributed by atoms with van der Waals surface area (Å²) in [6.45, 7) is 2.20. The Morgan fingerprint density at radius 1 is 1.38 bits per heavy atom. The summed E-state index contributed by atoms with van der Waals surface area (Å²) < 4.78 is 0. The number of thiophene rings is 1. The van der Waals surface area contributed by atoms with E-state index in [1.807, 2.05) is 23.2 Å². The standard InChI is InChI=1S/C15H22N2O2S2/c1-2-20-12-7-4-3-6-11(12)17-14(18)10-16-15(19)13-8-5-9-21-13/h5,8-9,11-12H,2-4,6-7,10H2,1H3,(H,16,19)(H,17,18). The quantitative estimate of drug-likeness (QED) is 0.845. The van der Waals surface area contributed by atoms with E-state index in [9.17, 15) is 9.59 Å². The van der Waals surface area contributed by atoms with E-state index < -0.39 is 0 Å². The maximum absolute atomic E-state index is 12.0. The highest BCUT2D eigenvalue weighted by atomic mass is 32.2. The van der Waals surface area contributed by atoms with Crippen LogP contribution in [-0.2, 0) is 4.79 Å². The highest BCUT2D eigenvalue weighted by Gasteiger charge is 2.26. The summed E-state index contributed by atoms with van der Waals surface area (Å²) in [5, 5.41) is 8.12. The van der Waals surface area contributed by atoms with Crippen LogP contribution in [0.4, 0.5) is 0 Å². The van der Waals surface area contributed by atoms with Crippen LogP contribution in [0.2, 0.25) is 0 Å². The van der Waals surface area contributed by atoms with Crippen molar-refractivity contribution < 1.29 is 9.59 Å². The van der Waals surface area contributed by atoms with Crippen LogP contribution in [0.3, 0.4) is 0 Å². The van der Waals surface area contributed by atoms with Gasteiger partial charge in [-0.1, -0.05) is 25.8 Å². The molecule has 2 atom stereocenters. The molecule has 1 aliphatic rings. The van der Waals surface area contributed by atoms with Gasteiger partial charge in [-0.3, -0.25) is 9.59 Å². The molecule has 1 aliphatic carbocycles. The fourth-order valence-corrected chi connectivity index (χ4v) is 4.43. The second-order valence-corrected chi connectivity index (χ2v) is 7.58. The van der Waals surface area contributed by atoms with Gasteiger partial charge in [-0.25, -0.2) is 0 Å². The van der Waals surface area contributed by atoms with Crippen molar-refractivity contribution >= 4 is 34.9 Å². The number of amides is 2. The van der Waals surface area contributed by atoms with Crippen molar-refractivity contribution in [3.05, 3.63) is 22.4 Å². The van der Waals surface area contributed by atoms with Gasteiger partial charge in [0, 0.05) is 11.3 Å². The van der Waals surface area contributed by atoms with E-state index in [0.29, 0.717) is 10.1 Å². The molecule has 0 bridgehead atoms. The molecular formula is C15H22N2O2S2. The van der Waals surface area contributed by atoms with Crippen LogP contribution in [0.1, 0.15) is 42.3 Å². The highest BCUT2D eigenvalue weighted by molar-refractivity contribution is 7.99. The lowest BCUT2D eigenvalue weighted by Gasteiger charge is -2.31. The first-order valence-corrected chi connectivity index (χ1v) is 9.36. The molecule has 1 aromatic heterocycles. The first-order chi connectivity index (χ1) is 10.2. The molecule has 0 radical (unpaired) electrons. The average Bonchev–Trinajstić information content (AvgIpc) is 3.01. The first-order valence-electron chi connectivity index (χ1n) is 7.43. The average molecular weight is 326 g/mol. The molecule has 4 nitrogen and oxygen atoms in total. The zero-order chi connectivity index (χ0) is 15.1. The summed E-state index contributed by atoms with van der Waals surface area (Å²) in [7, 11) is 0. The van der Waals surface area contributed by atoms with E-state index in [2.05, 4.69) is 17.6 Å². The van der Waals surface area contributed by atoms with Crippen LogP contribution in [0.15, 0.2) is 17.5 Å². The number of hydrogen-bond donors (Lipinski definition) is 2. The van der Waals surface area contributed by atoms with Crippen LogP contribution >= 0.6 is 23.1 Å².